The fraction of sp³-hybridized carbons (Fsp3) is 0.368. The second kappa shape index (κ2) is 8.15. The van der Waals surface area contributed by atoms with Crippen molar-refractivity contribution >= 4 is 34.7 Å². The lowest BCUT2D eigenvalue weighted by atomic mass is 10.2. The number of furan rings is 1. The van der Waals surface area contributed by atoms with Crippen LogP contribution in [0.2, 0.25) is 0 Å². The molecule has 0 saturated carbocycles. The fourth-order valence-corrected chi connectivity index (χ4v) is 3.46. The average Bonchev–Trinajstić information content (AvgIpc) is 3.37. The maximum atomic E-state index is 14.6. The molecule has 2 fully saturated rings. The molecule has 148 valence electrons. The topological polar surface area (TPSA) is 67.2 Å². The molecule has 9 heteroatoms. The van der Waals surface area contributed by atoms with E-state index in [9.17, 15) is 9.18 Å². The molecule has 1 N–H and O–H groups in total. The Bertz CT molecular complexity index is 855. The van der Waals surface area contributed by atoms with E-state index in [0.29, 0.717) is 55.8 Å². The normalized spacial score (nSPS) is 19.6. The van der Waals surface area contributed by atoms with E-state index in [1.54, 1.807) is 24.5 Å². The molecule has 2 aromatic rings. The summed E-state index contributed by atoms with van der Waals surface area (Å²) in [6.07, 6.45) is 2.19. The van der Waals surface area contributed by atoms with Crippen LogP contribution >= 0.6 is 12.2 Å². The Morgan fingerprint density at radius 2 is 2.11 bits per heavy atom. The Balaban J connectivity index is 1.38. The van der Waals surface area contributed by atoms with Crippen molar-refractivity contribution in [3.63, 3.8) is 0 Å². The number of anilines is 2. The second-order valence-electron chi connectivity index (χ2n) is 6.57. The number of halogens is 1. The molecule has 2 aliphatic heterocycles. The van der Waals surface area contributed by atoms with Gasteiger partial charge in [-0.1, -0.05) is 12.2 Å². The van der Waals surface area contributed by atoms with Gasteiger partial charge in [0, 0.05) is 18.7 Å². The number of carbonyl (C=O) groups excluding carboxylic acids is 1. The van der Waals surface area contributed by atoms with Crippen LogP contribution in [0.4, 0.5) is 20.6 Å². The maximum Gasteiger partial charge on any atom is 0.414 e. The molecule has 0 unspecified atom stereocenters. The van der Waals surface area contributed by atoms with Gasteiger partial charge in [-0.2, -0.15) is 0 Å². The molecular weight excluding hydrogens is 385 g/mol. The molecule has 1 atom stereocenters. The molecule has 4 rings (SSSR count). The standard InChI is InChI=1S/C19H20FN3O4S/c20-16-9-14(1-2-17(16)22-4-7-25-8-5-22)23-11-15(27-19(23)24)10-21-18(28)13-3-6-26-12-13/h1-3,6,9,12,15H,4-5,7-8,10-11H2,(H,21,28)/t15-/m0/s1. The van der Waals surface area contributed by atoms with Crippen molar-refractivity contribution in [2.75, 3.05) is 49.2 Å². The van der Waals surface area contributed by atoms with Crippen molar-refractivity contribution in [1.82, 2.24) is 5.32 Å². The Morgan fingerprint density at radius 3 is 2.82 bits per heavy atom. The van der Waals surface area contributed by atoms with Gasteiger partial charge in [-0.25, -0.2) is 9.18 Å². The molecule has 3 heterocycles. The molecule has 0 spiro atoms. The van der Waals surface area contributed by atoms with E-state index in [0.717, 1.165) is 5.56 Å². The van der Waals surface area contributed by atoms with Gasteiger partial charge < -0.3 is 24.1 Å². The number of hydrogen-bond donors (Lipinski definition) is 1. The summed E-state index contributed by atoms with van der Waals surface area (Å²) in [6, 6.07) is 6.56. The van der Waals surface area contributed by atoms with E-state index in [1.165, 1.54) is 17.2 Å². The lowest BCUT2D eigenvalue weighted by Crippen LogP contribution is -2.36. The molecule has 28 heavy (non-hydrogen) atoms. The Labute approximate surface area is 167 Å². The summed E-state index contributed by atoms with van der Waals surface area (Å²) in [7, 11) is 0. The predicted molar refractivity (Wildman–Crippen MR) is 105 cm³/mol. The molecule has 1 aromatic carbocycles. The quantitative estimate of drug-likeness (QED) is 0.767. The first-order valence-corrected chi connectivity index (χ1v) is 9.43. The van der Waals surface area contributed by atoms with E-state index in [-0.39, 0.29) is 11.9 Å². The van der Waals surface area contributed by atoms with E-state index < -0.39 is 6.09 Å². The van der Waals surface area contributed by atoms with E-state index in [1.807, 2.05) is 4.90 Å². The minimum Gasteiger partial charge on any atom is -0.472 e. The van der Waals surface area contributed by atoms with Gasteiger partial charge in [0.05, 0.1) is 43.9 Å². The first-order chi connectivity index (χ1) is 13.6. The Kier molecular flexibility index (Phi) is 5.45. The van der Waals surface area contributed by atoms with Crippen LogP contribution in [0, 0.1) is 5.82 Å². The minimum atomic E-state index is -0.500. The van der Waals surface area contributed by atoms with Crippen molar-refractivity contribution < 1.29 is 23.1 Å². The van der Waals surface area contributed by atoms with Crippen molar-refractivity contribution in [2.45, 2.75) is 6.10 Å². The number of nitrogens with one attached hydrogen (secondary N) is 1. The highest BCUT2D eigenvalue weighted by atomic mass is 32.1. The first-order valence-electron chi connectivity index (χ1n) is 9.02. The molecule has 0 aliphatic carbocycles. The number of rotatable bonds is 5. The molecule has 1 amide bonds. The minimum absolute atomic E-state index is 0.316. The molecule has 2 aliphatic rings. The van der Waals surface area contributed by atoms with Gasteiger partial charge in [-0.3, -0.25) is 4.90 Å². The third-order valence-corrected chi connectivity index (χ3v) is 5.12. The Morgan fingerprint density at radius 1 is 1.29 bits per heavy atom. The number of benzene rings is 1. The molecule has 1 aromatic heterocycles. The molecule has 0 radical (unpaired) electrons. The lowest BCUT2D eigenvalue weighted by Gasteiger charge is -2.29. The average molecular weight is 405 g/mol. The summed E-state index contributed by atoms with van der Waals surface area (Å²) in [5, 5.41) is 3.06. The van der Waals surface area contributed by atoms with Gasteiger partial charge >= 0.3 is 6.09 Å². The van der Waals surface area contributed by atoms with E-state index in [2.05, 4.69) is 5.32 Å². The van der Waals surface area contributed by atoms with Crippen LogP contribution in [-0.2, 0) is 9.47 Å². The number of cyclic esters (lactones) is 1. The third kappa shape index (κ3) is 3.95. The summed E-state index contributed by atoms with van der Waals surface area (Å²) in [6.45, 7) is 3.12. The number of ether oxygens (including phenoxy) is 2. The Hall–Kier alpha value is -2.65. The van der Waals surface area contributed by atoms with Gasteiger partial charge in [0.15, 0.2) is 0 Å². The number of amides is 1. The highest BCUT2D eigenvalue weighted by molar-refractivity contribution is 7.80. The maximum absolute atomic E-state index is 14.6. The van der Waals surface area contributed by atoms with Crippen LogP contribution in [0.5, 0.6) is 0 Å². The highest BCUT2D eigenvalue weighted by Gasteiger charge is 2.33. The molecular formula is C19H20FN3O4S. The number of morpholine rings is 1. The molecule has 2 saturated heterocycles. The van der Waals surface area contributed by atoms with E-state index in [4.69, 9.17) is 26.1 Å². The van der Waals surface area contributed by atoms with Crippen molar-refractivity contribution in [1.29, 1.82) is 0 Å². The van der Waals surface area contributed by atoms with Gasteiger partial charge in [-0.05, 0) is 24.3 Å². The zero-order valence-corrected chi connectivity index (χ0v) is 15.9. The fourth-order valence-electron chi connectivity index (χ4n) is 3.27. The van der Waals surface area contributed by atoms with Crippen molar-refractivity contribution in [3.05, 3.63) is 48.2 Å². The predicted octanol–water partition coefficient (Wildman–Crippen LogP) is 2.55. The summed E-state index contributed by atoms with van der Waals surface area (Å²) in [5.74, 6) is -0.366. The molecule has 7 nitrogen and oxygen atoms in total. The summed E-state index contributed by atoms with van der Waals surface area (Å²) < 4.78 is 30.3. The van der Waals surface area contributed by atoms with Crippen LogP contribution in [0.15, 0.2) is 41.2 Å². The first kappa shape index (κ1) is 18.7. The summed E-state index contributed by atoms with van der Waals surface area (Å²) in [5.41, 5.74) is 1.75. The second-order valence-corrected chi connectivity index (χ2v) is 6.98. The lowest BCUT2D eigenvalue weighted by molar-refractivity contribution is 0.122. The van der Waals surface area contributed by atoms with Gasteiger partial charge in [-0.15, -0.1) is 0 Å². The van der Waals surface area contributed by atoms with Crippen molar-refractivity contribution in [2.24, 2.45) is 0 Å². The van der Waals surface area contributed by atoms with Crippen LogP contribution in [-0.4, -0.2) is 56.6 Å². The SMILES string of the molecule is O=C1O[C@@H](CNC(=S)c2ccoc2)CN1c1ccc(N2CCOCC2)c(F)c1. The highest BCUT2D eigenvalue weighted by Crippen LogP contribution is 2.28. The van der Waals surface area contributed by atoms with E-state index >= 15 is 0 Å². The summed E-state index contributed by atoms with van der Waals surface area (Å²) in [4.78, 5) is 16.1. The smallest absolute Gasteiger partial charge is 0.414 e. The molecule has 0 bridgehead atoms. The van der Waals surface area contributed by atoms with Crippen LogP contribution in [0.3, 0.4) is 0 Å². The monoisotopic (exact) mass is 405 g/mol. The third-order valence-electron chi connectivity index (χ3n) is 4.74. The zero-order chi connectivity index (χ0) is 19.5. The van der Waals surface area contributed by atoms with Crippen LogP contribution < -0.4 is 15.1 Å². The van der Waals surface area contributed by atoms with Crippen LogP contribution in [0.1, 0.15) is 5.56 Å². The zero-order valence-electron chi connectivity index (χ0n) is 15.1. The van der Waals surface area contributed by atoms with Gasteiger partial charge in [0.2, 0.25) is 0 Å². The number of nitrogens with zero attached hydrogens (tertiary/aromatic N) is 2. The number of hydrogen-bond acceptors (Lipinski definition) is 6. The number of carbonyl (C=O) groups is 1. The van der Waals surface area contributed by atoms with Crippen molar-refractivity contribution in [3.8, 4) is 0 Å². The summed E-state index contributed by atoms with van der Waals surface area (Å²) >= 11 is 5.27. The van der Waals surface area contributed by atoms with Gasteiger partial charge in [0.25, 0.3) is 0 Å². The van der Waals surface area contributed by atoms with Crippen LogP contribution in [0.25, 0.3) is 0 Å². The van der Waals surface area contributed by atoms with Gasteiger partial charge in [0.1, 0.15) is 23.2 Å². The largest absolute Gasteiger partial charge is 0.472 e. The number of thiocarbonyl (C=S) groups is 1.